The average Bonchev–Trinajstić information content (AvgIpc) is 3.25. The highest BCUT2D eigenvalue weighted by atomic mass is 32.2. The summed E-state index contributed by atoms with van der Waals surface area (Å²) in [6.07, 6.45) is 1.22. The number of rotatable bonds is 5. The third-order valence-electron chi connectivity index (χ3n) is 6.61. The van der Waals surface area contributed by atoms with Crippen LogP contribution in [0.3, 0.4) is 0 Å². The molecule has 2 aliphatic heterocycles. The number of amides is 2. The van der Waals surface area contributed by atoms with Gasteiger partial charge < -0.3 is 9.80 Å². The average molecular weight is 457 g/mol. The van der Waals surface area contributed by atoms with Crippen molar-refractivity contribution in [3.8, 4) is 0 Å². The van der Waals surface area contributed by atoms with Gasteiger partial charge in [0.15, 0.2) is 0 Å². The molecule has 8 heteroatoms. The van der Waals surface area contributed by atoms with Gasteiger partial charge in [-0.15, -0.1) is 0 Å². The zero-order valence-corrected chi connectivity index (χ0v) is 19.6. The summed E-state index contributed by atoms with van der Waals surface area (Å²) in [4.78, 5) is 19.4. The molecule has 0 aromatic heterocycles. The van der Waals surface area contributed by atoms with Gasteiger partial charge in [0.05, 0.1) is 6.26 Å². The van der Waals surface area contributed by atoms with Crippen LogP contribution in [0.15, 0.2) is 60.7 Å². The van der Waals surface area contributed by atoms with Crippen molar-refractivity contribution in [2.75, 3.05) is 52.6 Å². The number of likely N-dealkylation sites (N-methyl/N-ethyl adjacent to an activating group) is 1. The van der Waals surface area contributed by atoms with E-state index in [4.69, 9.17) is 0 Å². The summed E-state index contributed by atoms with van der Waals surface area (Å²) < 4.78 is 25.0. The molecule has 2 saturated heterocycles. The predicted octanol–water partition coefficient (Wildman–Crippen LogP) is 2.28. The Labute approximate surface area is 191 Å². The smallest absolute Gasteiger partial charge is 0.320 e. The highest BCUT2D eigenvalue weighted by molar-refractivity contribution is 7.88. The molecule has 0 radical (unpaired) electrons. The van der Waals surface area contributed by atoms with E-state index in [0.29, 0.717) is 39.3 Å². The van der Waals surface area contributed by atoms with Gasteiger partial charge in [-0.1, -0.05) is 60.7 Å². The van der Waals surface area contributed by atoms with E-state index in [1.807, 2.05) is 17.0 Å². The summed E-state index contributed by atoms with van der Waals surface area (Å²) in [6.45, 7) is 3.73. The van der Waals surface area contributed by atoms with Crippen molar-refractivity contribution in [1.29, 1.82) is 0 Å². The van der Waals surface area contributed by atoms with Crippen molar-refractivity contribution in [3.05, 3.63) is 71.8 Å². The van der Waals surface area contributed by atoms with E-state index >= 15 is 0 Å². The summed E-state index contributed by atoms with van der Waals surface area (Å²) in [5.41, 5.74) is 2.50. The van der Waals surface area contributed by atoms with Crippen LogP contribution in [-0.4, -0.2) is 92.1 Å². The predicted molar refractivity (Wildman–Crippen MR) is 126 cm³/mol. The summed E-state index contributed by atoms with van der Waals surface area (Å²) >= 11 is 0. The summed E-state index contributed by atoms with van der Waals surface area (Å²) in [5.74, 6) is 0.228. The van der Waals surface area contributed by atoms with Crippen LogP contribution < -0.4 is 0 Å². The van der Waals surface area contributed by atoms with Gasteiger partial charge in [-0.05, 0) is 18.2 Å². The zero-order valence-electron chi connectivity index (χ0n) is 18.8. The Morgan fingerprint density at radius 1 is 0.906 bits per heavy atom. The highest BCUT2D eigenvalue weighted by Gasteiger charge is 2.40. The maximum absolute atomic E-state index is 13.3. The lowest BCUT2D eigenvalue weighted by Gasteiger charge is -2.35. The first-order valence-corrected chi connectivity index (χ1v) is 13.0. The van der Waals surface area contributed by atoms with Crippen molar-refractivity contribution >= 4 is 16.1 Å². The third-order valence-corrected chi connectivity index (χ3v) is 7.91. The fourth-order valence-corrected chi connectivity index (χ4v) is 5.64. The van der Waals surface area contributed by atoms with Gasteiger partial charge in [-0.3, -0.25) is 4.90 Å². The fourth-order valence-electron chi connectivity index (χ4n) is 4.82. The maximum atomic E-state index is 13.3. The normalized spacial score (nSPS) is 22.5. The standard InChI is InChI=1S/C24H32N4O3S/c1-25(17-20-9-5-3-6-10-20)23-19-27(18-22(23)21-11-7-4-8-12-21)24(29)26-13-15-28(16-14-26)32(2,30)31/h3-12,22-23H,13-19H2,1-2H3/t22-,23?/m1/s1. The monoisotopic (exact) mass is 456 g/mol. The van der Waals surface area contributed by atoms with Gasteiger partial charge in [0.1, 0.15) is 0 Å². The Bertz CT molecular complexity index is 1010. The Morgan fingerprint density at radius 3 is 2.09 bits per heavy atom. The number of carbonyl (C=O) groups excluding carboxylic acids is 1. The Balaban J connectivity index is 1.48. The quantitative estimate of drug-likeness (QED) is 0.693. The number of sulfonamides is 1. The topological polar surface area (TPSA) is 64.2 Å². The van der Waals surface area contributed by atoms with Crippen LogP contribution in [0.4, 0.5) is 4.79 Å². The van der Waals surface area contributed by atoms with E-state index in [9.17, 15) is 13.2 Å². The van der Waals surface area contributed by atoms with Crippen molar-refractivity contribution in [1.82, 2.24) is 19.0 Å². The SMILES string of the molecule is CN(Cc1ccccc1)C1CN(C(=O)N2CCN(S(C)(=O)=O)CC2)C[C@@H]1c1ccccc1. The molecule has 0 aliphatic carbocycles. The van der Waals surface area contributed by atoms with Crippen LogP contribution in [0.1, 0.15) is 17.0 Å². The van der Waals surface area contributed by atoms with E-state index in [0.717, 1.165) is 6.54 Å². The minimum absolute atomic E-state index is 0.00898. The van der Waals surface area contributed by atoms with E-state index in [2.05, 4.69) is 60.5 Å². The zero-order chi connectivity index (χ0) is 22.7. The summed E-state index contributed by atoms with van der Waals surface area (Å²) in [7, 11) is -1.08. The molecule has 2 atom stereocenters. The Morgan fingerprint density at radius 2 is 1.50 bits per heavy atom. The molecule has 2 heterocycles. The van der Waals surface area contributed by atoms with Crippen molar-refractivity contribution in [3.63, 3.8) is 0 Å². The molecular weight excluding hydrogens is 424 g/mol. The molecule has 2 fully saturated rings. The number of carbonyl (C=O) groups is 1. The van der Waals surface area contributed by atoms with Crippen LogP contribution >= 0.6 is 0 Å². The Kier molecular flexibility index (Phi) is 6.83. The van der Waals surface area contributed by atoms with E-state index in [1.165, 1.54) is 21.7 Å². The molecule has 4 rings (SSSR count). The van der Waals surface area contributed by atoms with Crippen LogP contribution in [-0.2, 0) is 16.6 Å². The lowest BCUT2D eigenvalue weighted by molar-refractivity contribution is 0.138. The van der Waals surface area contributed by atoms with Crippen LogP contribution in [0.25, 0.3) is 0 Å². The first kappa shape index (κ1) is 22.8. The molecule has 0 N–H and O–H groups in total. The first-order valence-electron chi connectivity index (χ1n) is 11.1. The molecule has 2 aromatic rings. The molecule has 172 valence electrons. The maximum Gasteiger partial charge on any atom is 0.320 e. The van der Waals surface area contributed by atoms with Crippen molar-refractivity contribution < 1.29 is 13.2 Å². The van der Waals surface area contributed by atoms with Gasteiger partial charge in [-0.25, -0.2) is 13.2 Å². The number of hydrogen-bond acceptors (Lipinski definition) is 4. The molecule has 2 aliphatic rings. The number of nitrogens with zero attached hydrogens (tertiary/aromatic N) is 4. The largest absolute Gasteiger partial charge is 0.322 e. The van der Waals surface area contributed by atoms with Gasteiger partial charge in [0, 0.05) is 57.8 Å². The molecular formula is C24H32N4O3S. The molecule has 0 saturated carbocycles. The molecule has 1 unspecified atom stereocenters. The number of hydrogen-bond donors (Lipinski definition) is 0. The van der Waals surface area contributed by atoms with Crippen molar-refractivity contribution in [2.45, 2.75) is 18.5 Å². The van der Waals surface area contributed by atoms with Crippen LogP contribution in [0.5, 0.6) is 0 Å². The molecule has 32 heavy (non-hydrogen) atoms. The summed E-state index contributed by atoms with van der Waals surface area (Å²) in [5, 5.41) is 0. The molecule has 7 nitrogen and oxygen atoms in total. The lowest BCUT2D eigenvalue weighted by Crippen LogP contribution is -2.53. The molecule has 2 aromatic carbocycles. The van der Waals surface area contributed by atoms with E-state index in [-0.39, 0.29) is 18.0 Å². The number of likely N-dealkylation sites (tertiary alicyclic amines) is 1. The third kappa shape index (κ3) is 5.14. The second-order valence-electron chi connectivity index (χ2n) is 8.82. The minimum Gasteiger partial charge on any atom is -0.322 e. The van der Waals surface area contributed by atoms with Gasteiger partial charge in [0.2, 0.25) is 10.0 Å². The lowest BCUT2D eigenvalue weighted by atomic mass is 9.93. The minimum atomic E-state index is -3.21. The first-order chi connectivity index (χ1) is 15.3. The van der Waals surface area contributed by atoms with Gasteiger partial charge in [-0.2, -0.15) is 4.31 Å². The van der Waals surface area contributed by atoms with Crippen LogP contribution in [0.2, 0.25) is 0 Å². The number of piperazine rings is 1. The van der Waals surface area contributed by atoms with Gasteiger partial charge in [0.25, 0.3) is 0 Å². The van der Waals surface area contributed by atoms with E-state index in [1.54, 1.807) is 4.90 Å². The second-order valence-corrected chi connectivity index (χ2v) is 10.8. The van der Waals surface area contributed by atoms with E-state index < -0.39 is 10.0 Å². The van der Waals surface area contributed by atoms with Gasteiger partial charge >= 0.3 is 6.03 Å². The fraction of sp³-hybridized carbons (Fsp3) is 0.458. The molecule has 2 amide bonds. The second kappa shape index (κ2) is 9.60. The number of benzene rings is 2. The number of urea groups is 1. The summed E-state index contributed by atoms with van der Waals surface area (Å²) in [6, 6.07) is 21.0. The Hall–Kier alpha value is -2.42. The molecule has 0 bridgehead atoms. The van der Waals surface area contributed by atoms with Crippen molar-refractivity contribution in [2.24, 2.45) is 0 Å². The van der Waals surface area contributed by atoms with Crippen LogP contribution in [0, 0.1) is 0 Å². The molecule has 0 spiro atoms. The highest BCUT2D eigenvalue weighted by Crippen LogP contribution is 2.32.